The van der Waals surface area contributed by atoms with Gasteiger partial charge in [0.25, 0.3) is 0 Å². The summed E-state index contributed by atoms with van der Waals surface area (Å²) in [5, 5.41) is 9.90. The minimum atomic E-state index is -0.903. The van der Waals surface area contributed by atoms with E-state index in [0.717, 1.165) is 46.0 Å². The maximum Gasteiger partial charge on any atom is 0.328 e. The molecule has 7 rings (SSSR count). The van der Waals surface area contributed by atoms with E-state index in [4.69, 9.17) is 14.5 Å². The van der Waals surface area contributed by atoms with Gasteiger partial charge in [-0.1, -0.05) is 11.3 Å². The molecule has 2 aromatic rings. The second-order valence-electron chi connectivity index (χ2n) is 9.88. The smallest absolute Gasteiger partial charge is 0.328 e. The summed E-state index contributed by atoms with van der Waals surface area (Å²) < 4.78 is 12.7. The minimum Gasteiger partial charge on any atom is -0.480 e. The summed E-state index contributed by atoms with van der Waals surface area (Å²) in [5.41, 5.74) is -0.0525. The van der Waals surface area contributed by atoms with Crippen LogP contribution in [-0.2, 0) is 9.53 Å². The highest BCUT2D eigenvalue weighted by Crippen LogP contribution is 2.50. The lowest BCUT2D eigenvalue weighted by Crippen LogP contribution is -2.50. The maximum atomic E-state index is 12.1. The number of morpholine rings is 1. The van der Waals surface area contributed by atoms with E-state index in [2.05, 4.69) is 40.6 Å². The van der Waals surface area contributed by atoms with Crippen LogP contribution in [0.25, 0.3) is 10.3 Å². The number of halogens is 1. The van der Waals surface area contributed by atoms with E-state index in [1.54, 1.807) is 0 Å². The van der Waals surface area contributed by atoms with Gasteiger partial charge in [0, 0.05) is 13.1 Å². The first-order valence-electron chi connectivity index (χ1n) is 11.6. The lowest BCUT2D eigenvalue weighted by Gasteiger charge is -2.35. The molecule has 5 aliphatic heterocycles. The fourth-order valence-electron chi connectivity index (χ4n) is 6.71. The Bertz CT molecular complexity index is 1140. The van der Waals surface area contributed by atoms with Gasteiger partial charge < -0.3 is 19.5 Å². The predicted octanol–water partition coefficient (Wildman–Crippen LogP) is 1.58. The average molecular weight is 537 g/mol. The number of piperazine rings is 1. The summed E-state index contributed by atoms with van der Waals surface area (Å²) in [6.07, 6.45) is 4.76. The van der Waals surface area contributed by atoms with Crippen molar-refractivity contribution in [3.8, 4) is 6.01 Å². The third kappa shape index (κ3) is 2.94. The third-order valence-corrected chi connectivity index (χ3v) is 9.68. The van der Waals surface area contributed by atoms with Crippen molar-refractivity contribution in [2.45, 2.75) is 48.8 Å². The molecule has 12 heteroatoms. The van der Waals surface area contributed by atoms with E-state index in [0.29, 0.717) is 32.3 Å². The molecule has 5 aliphatic rings. The van der Waals surface area contributed by atoms with Gasteiger partial charge in [0.15, 0.2) is 20.1 Å². The second kappa shape index (κ2) is 7.20. The first-order valence-corrected chi connectivity index (χ1v) is 13.2. The summed E-state index contributed by atoms with van der Waals surface area (Å²) in [4.78, 5) is 33.8. The number of hydrogen-bond donors (Lipinski definition) is 1. The van der Waals surface area contributed by atoms with Crippen LogP contribution < -0.4 is 9.64 Å². The van der Waals surface area contributed by atoms with Crippen LogP contribution in [0, 0.1) is 0 Å². The highest BCUT2D eigenvalue weighted by molar-refractivity contribution is 9.11. The predicted molar refractivity (Wildman–Crippen MR) is 124 cm³/mol. The van der Waals surface area contributed by atoms with Crippen LogP contribution in [0.1, 0.15) is 25.7 Å². The SMILES string of the molecule is O=C(O)C12COCC3CN(c4nc(OCC56CCCN5CCC6)nc5sc(Br)nc45)CC1N32. The molecule has 5 saturated heterocycles. The quantitative estimate of drug-likeness (QED) is 0.566. The van der Waals surface area contributed by atoms with Crippen molar-refractivity contribution in [1.29, 1.82) is 0 Å². The summed E-state index contributed by atoms with van der Waals surface area (Å²) in [5.74, 6) is -0.0777. The van der Waals surface area contributed by atoms with Gasteiger partial charge in [0.1, 0.15) is 12.1 Å². The molecule has 0 spiro atoms. The van der Waals surface area contributed by atoms with Gasteiger partial charge >= 0.3 is 12.0 Å². The second-order valence-corrected chi connectivity index (χ2v) is 12.1. The highest BCUT2D eigenvalue weighted by atomic mass is 79.9. The fraction of sp³-hybridized carbons (Fsp3) is 0.714. The Morgan fingerprint density at radius 1 is 1.24 bits per heavy atom. The molecule has 4 atom stereocenters. The summed E-state index contributed by atoms with van der Waals surface area (Å²) >= 11 is 4.96. The van der Waals surface area contributed by atoms with Gasteiger partial charge in [-0.05, 0) is 54.7 Å². The molecule has 33 heavy (non-hydrogen) atoms. The van der Waals surface area contributed by atoms with Crippen LogP contribution >= 0.6 is 27.3 Å². The summed E-state index contributed by atoms with van der Waals surface area (Å²) in [6, 6.07) is 0.318. The van der Waals surface area contributed by atoms with Crippen molar-refractivity contribution in [3.63, 3.8) is 0 Å². The van der Waals surface area contributed by atoms with Crippen LogP contribution in [0.15, 0.2) is 3.92 Å². The molecule has 7 heterocycles. The van der Waals surface area contributed by atoms with Crippen molar-refractivity contribution in [1.82, 2.24) is 24.8 Å². The zero-order valence-electron chi connectivity index (χ0n) is 18.1. The van der Waals surface area contributed by atoms with Gasteiger partial charge in [-0.15, -0.1) is 0 Å². The van der Waals surface area contributed by atoms with Crippen molar-refractivity contribution in [2.24, 2.45) is 0 Å². The zero-order valence-corrected chi connectivity index (χ0v) is 20.5. The number of thiazole rings is 1. The number of fused-ring (bicyclic) bond motifs is 3. The molecule has 176 valence electrons. The molecule has 1 N–H and O–H groups in total. The zero-order chi connectivity index (χ0) is 22.4. The minimum absolute atomic E-state index is 0.0227. The average Bonchev–Trinajstić information content (AvgIpc) is 3.10. The lowest BCUT2D eigenvalue weighted by atomic mass is 9.95. The molecule has 10 nitrogen and oxygen atoms in total. The van der Waals surface area contributed by atoms with E-state index in [1.807, 2.05) is 0 Å². The molecule has 5 fully saturated rings. The van der Waals surface area contributed by atoms with E-state index in [-0.39, 0.29) is 24.2 Å². The van der Waals surface area contributed by atoms with E-state index < -0.39 is 11.5 Å². The molecule has 0 saturated carbocycles. The first-order chi connectivity index (χ1) is 16.0. The van der Waals surface area contributed by atoms with Crippen molar-refractivity contribution in [3.05, 3.63) is 3.92 Å². The van der Waals surface area contributed by atoms with Crippen molar-refractivity contribution >= 4 is 49.4 Å². The Morgan fingerprint density at radius 2 is 2.06 bits per heavy atom. The number of carboxylic acids is 1. The number of anilines is 1. The Hall–Kier alpha value is -1.60. The first kappa shape index (κ1) is 20.7. The maximum absolute atomic E-state index is 12.1. The Balaban J connectivity index is 1.21. The van der Waals surface area contributed by atoms with Gasteiger partial charge in [-0.3, -0.25) is 14.6 Å². The molecule has 0 radical (unpaired) electrons. The van der Waals surface area contributed by atoms with E-state index in [1.165, 1.54) is 24.2 Å². The van der Waals surface area contributed by atoms with Gasteiger partial charge in [0.05, 0.1) is 30.8 Å². The molecule has 4 unspecified atom stereocenters. The third-order valence-electron chi connectivity index (χ3n) is 8.27. The number of ether oxygens (including phenoxy) is 2. The monoisotopic (exact) mass is 536 g/mol. The highest BCUT2D eigenvalue weighted by Gasteiger charge is 2.74. The largest absolute Gasteiger partial charge is 0.480 e. The topological polar surface area (TPSA) is 104 Å². The van der Waals surface area contributed by atoms with Crippen LogP contribution in [0.5, 0.6) is 6.01 Å². The van der Waals surface area contributed by atoms with E-state index >= 15 is 0 Å². The number of hydrogen-bond acceptors (Lipinski definition) is 10. The van der Waals surface area contributed by atoms with Crippen LogP contribution in [0.2, 0.25) is 0 Å². The van der Waals surface area contributed by atoms with Crippen molar-refractivity contribution < 1.29 is 19.4 Å². The van der Waals surface area contributed by atoms with Crippen LogP contribution in [0.4, 0.5) is 5.82 Å². The van der Waals surface area contributed by atoms with E-state index in [9.17, 15) is 9.90 Å². The van der Waals surface area contributed by atoms with Gasteiger partial charge in [-0.25, -0.2) is 4.98 Å². The molecule has 0 aliphatic carbocycles. The lowest BCUT2D eigenvalue weighted by molar-refractivity contribution is -0.146. The standard InChI is InChI=1S/C21H25BrN6O4S/c22-18-23-14-15(26-7-12-9-31-11-21(17(29)30)13(8-26)28(12)21)24-19(25-16(14)33-18)32-10-20-3-1-5-27(20)6-2-4-20/h12-13H,1-11H2,(H,29,30). The number of rotatable bonds is 5. The number of carboxylic acid groups (broad SMARTS) is 1. The molecular weight excluding hydrogens is 512 g/mol. The fourth-order valence-corrected chi connectivity index (χ4v) is 8.00. The number of nitrogens with zero attached hydrogens (tertiary/aromatic N) is 6. The molecule has 2 aromatic heterocycles. The van der Waals surface area contributed by atoms with Crippen LogP contribution in [-0.4, -0.2) is 105 Å². The normalized spacial score (nSPS) is 34.3. The molecular formula is C21H25BrN6O4S. The Labute approximate surface area is 203 Å². The molecule has 0 aromatic carbocycles. The molecule has 0 amide bonds. The summed E-state index contributed by atoms with van der Waals surface area (Å²) in [6.45, 7) is 4.89. The Morgan fingerprint density at radius 3 is 2.85 bits per heavy atom. The van der Waals surface area contributed by atoms with Gasteiger partial charge in [0.2, 0.25) is 0 Å². The Kier molecular flexibility index (Phi) is 4.53. The van der Waals surface area contributed by atoms with Gasteiger partial charge in [-0.2, -0.15) is 9.97 Å². The number of carbonyl (C=O) groups is 1. The number of aliphatic carboxylic acids is 1. The number of aromatic nitrogens is 3. The van der Waals surface area contributed by atoms with Crippen LogP contribution in [0.3, 0.4) is 0 Å². The van der Waals surface area contributed by atoms with Crippen molar-refractivity contribution in [2.75, 3.05) is 50.9 Å². The molecule has 0 bridgehead atoms. The summed E-state index contributed by atoms with van der Waals surface area (Å²) in [7, 11) is 0.